The lowest BCUT2D eigenvalue weighted by Crippen LogP contribution is -3.10. The number of carbonyl (C=O) groups is 1. The molecule has 3 aromatic rings. The van der Waals surface area contributed by atoms with Gasteiger partial charge in [0, 0.05) is 13.1 Å². The van der Waals surface area contributed by atoms with Crippen molar-refractivity contribution in [3.8, 4) is 11.5 Å². The predicted molar refractivity (Wildman–Crippen MR) is 118 cm³/mol. The lowest BCUT2D eigenvalue weighted by molar-refractivity contribution is -0.902. The van der Waals surface area contributed by atoms with Crippen molar-refractivity contribution in [2.75, 3.05) is 34.4 Å². The molecule has 7 heteroatoms. The lowest BCUT2D eigenvalue weighted by Gasteiger charge is -2.31. The van der Waals surface area contributed by atoms with Crippen molar-refractivity contribution in [3.63, 3.8) is 0 Å². The smallest absolute Gasteiger partial charge is 0.278 e. The minimum atomic E-state index is 0.160. The van der Waals surface area contributed by atoms with Gasteiger partial charge in [-0.3, -0.25) is 4.79 Å². The molecule has 158 valence electrons. The number of ether oxygens (including phenoxy) is 2. The highest BCUT2D eigenvalue weighted by Gasteiger charge is 2.27. The van der Waals surface area contributed by atoms with Gasteiger partial charge in [0.15, 0.2) is 23.1 Å². The number of benzene rings is 2. The molecule has 1 unspecified atom stereocenters. The molecule has 2 aromatic carbocycles. The Balaban J connectivity index is 1.43. The first-order valence-electron chi connectivity index (χ1n) is 10.2. The normalized spacial score (nSPS) is 15.5. The van der Waals surface area contributed by atoms with Crippen molar-refractivity contribution < 1.29 is 19.2 Å². The van der Waals surface area contributed by atoms with Gasteiger partial charge in [-0.05, 0) is 48.7 Å². The molecule has 2 atom stereocenters. The summed E-state index contributed by atoms with van der Waals surface area (Å²) in [5.41, 5.74) is 3.38. The predicted octanol–water partition coefficient (Wildman–Crippen LogP) is 2.47. The topological polar surface area (TPSA) is 56.1 Å². The van der Waals surface area contributed by atoms with Crippen molar-refractivity contribution in [3.05, 3.63) is 52.5 Å². The number of hydrogen-bond donors (Lipinski definition) is 1. The van der Waals surface area contributed by atoms with Gasteiger partial charge in [-0.1, -0.05) is 12.1 Å². The summed E-state index contributed by atoms with van der Waals surface area (Å²) in [5, 5.41) is 1.07. The van der Waals surface area contributed by atoms with Crippen molar-refractivity contribution in [1.82, 2.24) is 9.88 Å². The third-order valence-electron chi connectivity index (χ3n) is 5.92. The third-order valence-corrected chi connectivity index (χ3v) is 7.14. The van der Waals surface area contributed by atoms with Gasteiger partial charge in [-0.15, -0.1) is 11.3 Å². The van der Waals surface area contributed by atoms with Crippen LogP contribution in [0.4, 0.5) is 0 Å². The van der Waals surface area contributed by atoms with Crippen LogP contribution in [0, 0.1) is 0 Å². The molecule has 0 fully saturated rings. The summed E-state index contributed by atoms with van der Waals surface area (Å²) in [6, 6.07) is 12.4. The molecule has 6 nitrogen and oxygen atoms in total. The molecular weight excluding hydrogens is 398 g/mol. The highest BCUT2D eigenvalue weighted by atomic mass is 32.1. The number of carbonyl (C=O) groups excluding carboxylic acids is 1. The van der Waals surface area contributed by atoms with Crippen molar-refractivity contribution in [2.24, 2.45) is 0 Å². The number of amides is 1. The molecule has 0 bridgehead atoms. The standard InChI is InChI=1S/C23H27N3O3S/c1-15(23-24-18-7-5-6-8-21(18)30-23)25(2)14-22(27)26-10-9-16-11-19(28-3)20(29-4)12-17(16)13-26/h5-8,11-12,15H,9-10,13-14H2,1-4H3/p+1/t15-/m1/s1. The van der Waals surface area contributed by atoms with E-state index in [4.69, 9.17) is 14.5 Å². The number of quaternary nitrogens is 1. The number of rotatable bonds is 6. The Morgan fingerprint density at radius 1 is 1.20 bits per heavy atom. The van der Waals surface area contributed by atoms with E-state index in [1.54, 1.807) is 25.6 Å². The second-order valence-corrected chi connectivity index (χ2v) is 8.87. The van der Waals surface area contributed by atoms with Crippen LogP contribution in [0.3, 0.4) is 0 Å². The van der Waals surface area contributed by atoms with Gasteiger partial charge in [0.05, 0.1) is 31.5 Å². The maximum absolute atomic E-state index is 13.0. The van der Waals surface area contributed by atoms with Gasteiger partial charge in [0.1, 0.15) is 6.04 Å². The largest absolute Gasteiger partial charge is 0.493 e. The van der Waals surface area contributed by atoms with Crippen molar-refractivity contribution in [2.45, 2.75) is 25.9 Å². The molecule has 1 amide bonds. The molecule has 1 aliphatic rings. The van der Waals surface area contributed by atoms with E-state index in [1.165, 1.54) is 10.3 Å². The number of hydrogen-bond acceptors (Lipinski definition) is 5. The Labute approximate surface area is 181 Å². The van der Waals surface area contributed by atoms with Gasteiger partial charge in [0.2, 0.25) is 0 Å². The minimum absolute atomic E-state index is 0.160. The summed E-state index contributed by atoms with van der Waals surface area (Å²) < 4.78 is 12.0. The van der Waals surface area contributed by atoms with E-state index in [2.05, 4.69) is 20.0 Å². The Morgan fingerprint density at radius 3 is 2.60 bits per heavy atom. The van der Waals surface area contributed by atoms with Crippen molar-refractivity contribution >= 4 is 27.5 Å². The zero-order chi connectivity index (χ0) is 21.3. The summed E-state index contributed by atoms with van der Waals surface area (Å²) in [6.07, 6.45) is 0.827. The van der Waals surface area contributed by atoms with E-state index < -0.39 is 0 Å². The molecule has 0 saturated heterocycles. The fourth-order valence-corrected chi connectivity index (χ4v) is 5.00. The number of likely N-dealkylation sites (N-methyl/N-ethyl adjacent to an activating group) is 1. The van der Waals surface area contributed by atoms with Crippen LogP contribution < -0.4 is 14.4 Å². The van der Waals surface area contributed by atoms with Gasteiger partial charge >= 0.3 is 0 Å². The van der Waals surface area contributed by atoms with Crippen LogP contribution in [-0.4, -0.2) is 50.1 Å². The second-order valence-electron chi connectivity index (χ2n) is 7.81. The molecule has 1 N–H and O–H groups in total. The molecule has 1 aromatic heterocycles. The molecule has 0 radical (unpaired) electrons. The molecular formula is C23H28N3O3S+. The van der Waals surface area contributed by atoms with Gasteiger partial charge < -0.3 is 19.3 Å². The number of fused-ring (bicyclic) bond motifs is 2. The lowest BCUT2D eigenvalue weighted by atomic mass is 9.98. The molecule has 0 spiro atoms. The minimum Gasteiger partial charge on any atom is -0.493 e. The summed E-state index contributed by atoms with van der Waals surface area (Å²) >= 11 is 1.71. The Bertz CT molecular complexity index is 1030. The second kappa shape index (κ2) is 8.62. The fraction of sp³-hybridized carbons (Fsp3) is 0.391. The first-order chi connectivity index (χ1) is 14.5. The maximum Gasteiger partial charge on any atom is 0.278 e. The summed E-state index contributed by atoms with van der Waals surface area (Å²) in [4.78, 5) is 20.9. The van der Waals surface area contributed by atoms with Crippen LogP contribution in [-0.2, 0) is 17.8 Å². The molecule has 0 saturated carbocycles. The first kappa shape index (κ1) is 20.6. The number of nitrogens with one attached hydrogen (secondary N) is 1. The van der Waals surface area contributed by atoms with Crippen molar-refractivity contribution in [1.29, 1.82) is 0 Å². The van der Waals surface area contributed by atoms with E-state index in [9.17, 15) is 4.79 Å². The van der Waals surface area contributed by atoms with Crippen LogP contribution >= 0.6 is 11.3 Å². The zero-order valence-electron chi connectivity index (χ0n) is 17.9. The fourth-order valence-electron chi connectivity index (χ4n) is 3.89. The Hall–Kier alpha value is -2.64. The zero-order valence-corrected chi connectivity index (χ0v) is 18.7. The number of aromatic nitrogens is 1. The Kier molecular flexibility index (Phi) is 5.92. The van der Waals surface area contributed by atoms with Crippen LogP contribution in [0.1, 0.15) is 29.1 Å². The van der Waals surface area contributed by atoms with Crippen LogP contribution in [0.25, 0.3) is 10.2 Å². The summed E-state index contributed by atoms with van der Waals surface area (Å²) in [5.74, 6) is 1.61. The van der Waals surface area contributed by atoms with E-state index in [0.717, 1.165) is 39.7 Å². The highest BCUT2D eigenvalue weighted by Crippen LogP contribution is 2.33. The third kappa shape index (κ3) is 4.00. The average molecular weight is 427 g/mol. The SMILES string of the molecule is COc1cc2c(cc1OC)CN(C(=O)C[NH+](C)[C@H](C)c1nc3ccccc3s1)CC2. The highest BCUT2D eigenvalue weighted by molar-refractivity contribution is 7.18. The number of nitrogens with zero attached hydrogens (tertiary/aromatic N) is 2. The molecule has 4 rings (SSSR count). The van der Waals surface area contributed by atoms with Crippen LogP contribution in [0.5, 0.6) is 11.5 Å². The summed E-state index contributed by atoms with van der Waals surface area (Å²) in [7, 11) is 5.35. The Morgan fingerprint density at radius 2 is 1.90 bits per heavy atom. The number of thiazole rings is 1. The number of methoxy groups -OCH3 is 2. The van der Waals surface area contributed by atoms with Crippen LogP contribution in [0.2, 0.25) is 0 Å². The number of para-hydroxylation sites is 1. The van der Waals surface area contributed by atoms with Crippen LogP contribution in [0.15, 0.2) is 36.4 Å². The van der Waals surface area contributed by atoms with E-state index >= 15 is 0 Å². The van der Waals surface area contributed by atoms with Gasteiger partial charge in [-0.25, -0.2) is 4.98 Å². The molecule has 0 aliphatic carbocycles. The molecule has 1 aliphatic heterocycles. The monoisotopic (exact) mass is 426 g/mol. The maximum atomic E-state index is 13.0. The first-order valence-corrected chi connectivity index (χ1v) is 11.0. The average Bonchev–Trinajstić information content (AvgIpc) is 3.21. The van der Waals surface area contributed by atoms with Gasteiger partial charge in [0.25, 0.3) is 5.91 Å². The van der Waals surface area contributed by atoms with E-state index in [-0.39, 0.29) is 11.9 Å². The molecule has 30 heavy (non-hydrogen) atoms. The summed E-state index contributed by atoms with van der Waals surface area (Å²) in [6.45, 7) is 3.92. The van der Waals surface area contributed by atoms with Gasteiger partial charge in [-0.2, -0.15) is 0 Å². The molecule has 2 heterocycles. The van der Waals surface area contributed by atoms with E-state index in [1.807, 2.05) is 35.2 Å². The van der Waals surface area contributed by atoms with E-state index in [0.29, 0.717) is 18.8 Å². The quantitative estimate of drug-likeness (QED) is 0.658.